The van der Waals surface area contributed by atoms with Crippen LogP contribution in [0.4, 0.5) is 0 Å². The zero-order valence-electron chi connectivity index (χ0n) is 19.8. The van der Waals surface area contributed by atoms with Crippen LogP contribution >= 0.6 is 24.0 Å². The molecule has 6 nitrogen and oxygen atoms in total. The first-order valence-electron chi connectivity index (χ1n) is 12.0. The fourth-order valence-corrected chi connectivity index (χ4v) is 4.45. The number of benzene rings is 1. The summed E-state index contributed by atoms with van der Waals surface area (Å²) in [5.74, 6) is 1.41. The SMILES string of the molecule is CCNC(=NCCCc1c[nH]c2ccccc12)NC1CCN(C(=O)C(CC)CC)CC1.I. The van der Waals surface area contributed by atoms with Crippen LogP contribution in [0.3, 0.4) is 0 Å². The van der Waals surface area contributed by atoms with E-state index in [9.17, 15) is 4.79 Å². The minimum absolute atomic E-state index is 0. The van der Waals surface area contributed by atoms with E-state index in [0.29, 0.717) is 11.9 Å². The Morgan fingerprint density at radius 2 is 1.91 bits per heavy atom. The number of guanidine groups is 1. The van der Waals surface area contributed by atoms with Crippen LogP contribution in [0.2, 0.25) is 0 Å². The number of aliphatic imine (C=N–C) groups is 1. The first-order valence-corrected chi connectivity index (χ1v) is 12.0. The number of rotatable bonds is 9. The summed E-state index contributed by atoms with van der Waals surface area (Å²) in [6.07, 6.45) is 7.97. The van der Waals surface area contributed by atoms with Gasteiger partial charge in [0.2, 0.25) is 5.91 Å². The van der Waals surface area contributed by atoms with Crippen molar-refractivity contribution in [1.29, 1.82) is 0 Å². The van der Waals surface area contributed by atoms with E-state index in [1.165, 1.54) is 16.5 Å². The highest BCUT2D eigenvalue weighted by atomic mass is 127. The van der Waals surface area contributed by atoms with Gasteiger partial charge in [-0.3, -0.25) is 9.79 Å². The third-order valence-corrected chi connectivity index (χ3v) is 6.38. The molecular weight excluding hydrogens is 513 g/mol. The van der Waals surface area contributed by atoms with Crippen LogP contribution in [-0.2, 0) is 11.2 Å². The van der Waals surface area contributed by atoms with Crippen molar-refractivity contribution in [1.82, 2.24) is 20.5 Å². The number of amides is 1. The van der Waals surface area contributed by atoms with Gasteiger partial charge in [0.25, 0.3) is 0 Å². The summed E-state index contributed by atoms with van der Waals surface area (Å²) in [6, 6.07) is 8.82. The molecule has 0 aliphatic carbocycles. The Morgan fingerprint density at radius 3 is 2.59 bits per heavy atom. The molecule has 2 heterocycles. The molecule has 3 N–H and O–H groups in total. The number of nitrogens with one attached hydrogen (secondary N) is 3. The number of aryl methyl sites for hydroxylation is 1. The maximum Gasteiger partial charge on any atom is 0.225 e. The molecule has 0 spiro atoms. The fourth-order valence-electron chi connectivity index (χ4n) is 4.45. The molecule has 1 saturated heterocycles. The molecule has 2 aromatic rings. The maximum absolute atomic E-state index is 12.6. The highest BCUT2D eigenvalue weighted by Crippen LogP contribution is 2.19. The molecule has 1 aliphatic rings. The Balaban J connectivity index is 0.00000363. The van der Waals surface area contributed by atoms with Crippen molar-refractivity contribution in [2.45, 2.75) is 65.3 Å². The average molecular weight is 554 g/mol. The van der Waals surface area contributed by atoms with Gasteiger partial charge in [0, 0.05) is 55.2 Å². The number of carbonyl (C=O) groups excluding carboxylic acids is 1. The number of aromatic amines is 1. The fraction of sp³-hybridized carbons (Fsp3) is 0.600. The highest BCUT2D eigenvalue weighted by molar-refractivity contribution is 14.0. The van der Waals surface area contributed by atoms with Gasteiger partial charge in [-0.2, -0.15) is 0 Å². The highest BCUT2D eigenvalue weighted by Gasteiger charge is 2.26. The Hall–Kier alpha value is -1.77. The lowest BCUT2D eigenvalue weighted by Gasteiger charge is -2.34. The quantitative estimate of drug-likeness (QED) is 0.183. The summed E-state index contributed by atoms with van der Waals surface area (Å²) >= 11 is 0. The molecule has 1 aromatic heterocycles. The second kappa shape index (κ2) is 13.7. The van der Waals surface area contributed by atoms with Crippen LogP contribution in [0.15, 0.2) is 35.5 Å². The number of carbonyl (C=O) groups is 1. The van der Waals surface area contributed by atoms with Crippen LogP contribution in [0.1, 0.15) is 58.4 Å². The lowest BCUT2D eigenvalue weighted by molar-refractivity contribution is -0.136. The normalized spacial score (nSPS) is 15.1. The zero-order valence-corrected chi connectivity index (χ0v) is 22.2. The van der Waals surface area contributed by atoms with Crippen LogP contribution in [0.5, 0.6) is 0 Å². The Bertz CT molecular complexity index is 853. The zero-order chi connectivity index (χ0) is 22.1. The van der Waals surface area contributed by atoms with Crippen molar-refractivity contribution < 1.29 is 4.79 Å². The van der Waals surface area contributed by atoms with Gasteiger partial charge in [-0.25, -0.2) is 0 Å². The van der Waals surface area contributed by atoms with Crippen molar-refractivity contribution in [2.75, 3.05) is 26.2 Å². The molecule has 1 aromatic carbocycles. The molecule has 0 radical (unpaired) electrons. The smallest absolute Gasteiger partial charge is 0.225 e. The number of fused-ring (bicyclic) bond motifs is 1. The van der Waals surface area contributed by atoms with Crippen LogP contribution in [-0.4, -0.2) is 54.0 Å². The van der Waals surface area contributed by atoms with Crippen LogP contribution < -0.4 is 10.6 Å². The van der Waals surface area contributed by atoms with E-state index in [4.69, 9.17) is 4.99 Å². The molecule has 178 valence electrons. The number of aromatic nitrogens is 1. The number of para-hydroxylation sites is 1. The third kappa shape index (κ3) is 7.12. The van der Waals surface area contributed by atoms with Crippen molar-refractivity contribution in [3.63, 3.8) is 0 Å². The van der Waals surface area contributed by atoms with Crippen molar-refractivity contribution in [3.8, 4) is 0 Å². The van der Waals surface area contributed by atoms with E-state index >= 15 is 0 Å². The molecule has 1 amide bonds. The summed E-state index contributed by atoms with van der Waals surface area (Å²) in [6.45, 7) is 9.64. The molecule has 0 saturated carbocycles. The van der Waals surface area contributed by atoms with Gasteiger partial charge in [0.1, 0.15) is 0 Å². The number of hydrogen-bond acceptors (Lipinski definition) is 2. The van der Waals surface area contributed by atoms with Gasteiger partial charge < -0.3 is 20.5 Å². The first kappa shape index (κ1) is 26.5. The van der Waals surface area contributed by atoms with E-state index in [-0.39, 0.29) is 29.9 Å². The lowest BCUT2D eigenvalue weighted by atomic mass is 9.98. The second-order valence-electron chi connectivity index (χ2n) is 8.48. The second-order valence-corrected chi connectivity index (χ2v) is 8.48. The van der Waals surface area contributed by atoms with Gasteiger partial charge >= 0.3 is 0 Å². The van der Waals surface area contributed by atoms with Crippen molar-refractivity contribution in [2.24, 2.45) is 10.9 Å². The van der Waals surface area contributed by atoms with Gasteiger partial charge in [0.05, 0.1) is 0 Å². The largest absolute Gasteiger partial charge is 0.361 e. The molecule has 0 atom stereocenters. The predicted octanol–water partition coefficient (Wildman–Crippen LogP) is 4.70. The summed E-state index contributed by atoms with van der Waals surface area (Å²) in [7, 11) is 0. The van der Waals surface area contributed by atoms with E-state index in [2.05, 4.69) is 71.8 Å². The molecule has 3 rings (SSSR count). The Kier molecular flexibility index (Phi) is 11.3. The Labute approximate surface area is 210 Å². The number of likely N-dealkylation sites (tertiary alicyclic amines) is 1. The van der Waals surface area contributed by atoms with Gasteiger partial charge in [0.15, 0.2) is 5.96 Å². The van der Waals surface area contributed by atoms with Crippen LogP contribution in [0.25, 0.3) is 10.9 Å². The number of halogens is 1. The van der Waals surface area contributed by atoms with E-state index in [1.807, 2.05) is 0 Å². The number of H-pyrrole nitrogens is 1. The summed E-state index contributed by atoms with van der Waals surface area (Å²) < 4.78 is 0. The van der Waals surface area contributed by atoms with Gasteiger partial charge in [-0.05, 0) is 57.1 Å². The van der Waals surface area contributed by atoms with Crippen molar-refractivity contribution in [3.05, 3.63) is 36.0 Å². The topological polar surface area (TPSA) is 72.5 Å². The molecule has 32 heavy (non-hydrogen) atoms. The molecule has 0 bridgehead atoms. The monoisotopic (exact) mass is 553 g/mol. The summed E-state index contributed by atoms with van der Waals surface area (Å²) in [4.78, 5) is 22.8. The molecule has 0 unspecified atom stereocenters. The van der Waals surface area contributed by atoms with Crippen molar-refractivity contribution >= 4 is 46.7 Å². The maximum atomic E-state index is 12.6. The summed E-state index contributed by atoms with van der Waals surface area (Å²) in [5.41, 5.74) is 2.56. The van der Waals surface area contributed by atoms with Crippen LogP contribution in [0, 0.1) is 5.92 Å². The van der Waals surface area contributed by atoms with Gasteiger partial charge in [-0.1, -0.05) is 32.0 Å². The van der Waals surface area contributed by atoms with Gasteiger partial charge in [-0.15, -0.1) is 24.0 Å². The third-order valence-electron chi connectivity index (χ3n) is 6.38. The first-order chi connectivity index (χ1) is 15.2. The lowest BCUT2D eigenvalue weighted by Crippen LogP contribution is -2.50. The molecule has 7 heteroatoms. The standard InChI is InChI=1S/C25H39N5O.HI/c1-4-19(5-2)24(31)30-16-13-21(14-17-30)29-25(26-6-3)27-15-9-10-20-18-28-23-12-8-7-11-22(20)23;/h7-8,11-12,18-19,21,28H,4-6,9-10,13-17H2,1-3H3,(H2,26,27,29);1H. The van der Waals surface area contributed by atoms with E-state index in [0.717, 1.165) is 70.7 Å². The Morgan fingerprint density at radius 1 is 1.19 bits per heavy atom. The molecule has 1 aliphatic heterocycles. The number of nitrogens with zero attached hydrogens (tertiary/aromatic N) is 2. The average Bonchev–Trinajstić information content (AvgIpc) is 3.21. The molecular formula is C25H40IN5O. The molecule has 1 fully saturated rings. The minimum Gasteiger partial charge on any atom is -0.361 e. The number of piperidine rings is 1. The van der Waals surface area contributed by atoms with E-state index in [1.54, 1.807) is 0 Å². The number of hydrogen-bond donors (Lipinski definition) is 3. The summed E-state index contributed by atoms with van der Waals surface area (Å²) in [5, 5.41) is 8.28. The van der Waals surface area contributed by atoms with E-state index < -0.39 is 0 Å². The minimum atomic E-state index is 0. The predicted molar refractivity (Wildman–Crippen MR) is 145 cm³/mol.